The molecule has 226 valence electrons. The van der Waals surface area contributed by atoms with Crippen molar-refractivity contribution in [3.63, 3.8) is 0 Å². The molecule has 3 nitrogen and oxygen atoms in total. The van der Waals surface area contributed by atoms with Crippen molar-refractivity contribution in [2.45, 2.75) is 73.6 Å². The lowest BCUT2D eigenvalue weighted by Crippen LogP contribution is -2.44. The van der Waals surface area contributed by atoms with Crippen LogP contribution in [0.5, 0.6) is 0 Å². The molecule has 0 saturated heterocycles. The highest BCUT2D eigenvalue weighted by Crippen LogP contribution is 2.58. The molecule has 4 heteroatoms. The SMILES string of the molecule is C#CC(=Nc1ccccc1C)/S(CC(=C)C1[C@H](C)CC2CCC3=CC(=O)C=CC3(C)C2CCC1(C)C)=C(/C)c1ccco1. The molecule has 0 amide bonds. The van der Waals surface area contributed by atoms with Gasteiger partial charge in [-0.3, -0.25) is 4.79 Å². The number of benzene rings is 1. The topological polar surface area (TPSA) is 42.6 Å². The Balaban J connectivity index is 1.47. The molecule has 6 atom stereocenters. The van der Waals surface area contributed by atoms with E-state index in [1.165, 1.54) is 17.6 Å². The summed E-state index contributed by atoms with van der Waals surface area (Å²) in [5.41, 5.74) is 4.69. The number of fused-ring (bicyclic) bond motifs is 3. The fourth-order valence-corrected chi connectivity index (χ4v) is 10.4. The molecule has 5 rings (SSSR count). The number of aryl methyl sites for hydroxylation is 1. The third-order valence-corrected chi connectivity index (χ3v) is 12.9. The summed E-state index contributed by atoms with van der Waals surface area (Å²) >= 11 is 0. The Morgan fingerprint density at radius 1 is 1.19 bits per heavy atom. The highest BCUT2D eigenvalue weighted by molar-refractivity contribution is 8.29. The van der Waals surface area contributed by atoms with Crippen LogP contribution in [0.3, 0.4) is 0 Å². The Hall–Kier alpha value is -3.16. The van der Waals surface area contributed by atoms with E-state index < -0.39 is 10.5 Å². The summed E-state index contributed by atoms with van der Waals surface area (Å²) in [6.45, 7) is 18.7. The molecule has 43 heavy (non-hydrogen) atoms. The van der Waals surface area contributed by atoms with E-state index >= 15 is 0 Å². The van der Waals surface area contributed by atoms with Crippen molar-refractivity contribution >= 4 is 31.9 Å². The smallest absolute Gasteiger partial charge is 0.178 e. The number of para-hydroxylation sites is 1. The maximum Gasteiger partial charge on any atom is 0.178 e. The number of carbonyl (C=O) groups is 1. The van der Waals surface area contributed by atoms with E-state index in [1.807, 2.05) is 42.5 Å². The van der Waals surface area contributed by atoms with Gasteiger partial charge in [-0.05, 0) is 117 Å². The molecule has 1 heterocycles. The molecule has 0 spiro atoms. The highest BCUT2D eigenvalue weighted by Gasteiger charge is 2.49. The second-order valence-corrected chi connectivity index (χ2v) is 16.0. The van der Waals surface area contributed by atoms with Crippen LogP contribution in [-0.4, -0.2) is 21.4 Å². The normalized spacial score (nSPS) is 29.7. The summed E-state index contributed by atoms with van der Waals surface area (Å²) in [4.78, 5) is 18.4. The maximum atomic E-state index is 12.2. The van der Waals surface area contributed by atoms with Crippen molar-refractivity contribution in [3.05, 3.63) is 89.9 Å². The van der Waals surface area contributed by atoms with Crippen LogP contribution in [0.15, 0.2) is 88.0 Å². The fraction of sp³-hybridized carbons (Fsp3) is 0.462. The van der Waals surface area contributed by atoms with Crippen LogP contribution in [0.1, 0.15) is 78.0 Å². The zero-order chi connectivity index (χ0) is 30.9. The van der Waals surface area contributed by atoms with Crippen molar-refractivity contribution in [1.29, 1.82) is 0 Å². The van der Waals surface area contributed by atoms with Gasteiger partial charge in [-0.25, -0.2) is 4.99 Å². The van der Waals surface area contributed by atoms with Crippen molar-refractivity contribution in [1.82, 2.24) is 0 Å². The molecule has 0 N–H and O–H groups in total. The zero-order valence-corrected chi connectivity index (χ0v) is 27.6. The number of nitrogens with zero attached hydrogens (tertiary/aromatic N) is 1. The Morgan fingerprint density at radius 3 is 2.65 bits per heavy atom. The van der Waals surface area contributed by atoms with Crippen molar-refractivity contribution in [3.8, 4) is 12.3 Å². The number of terminal acetylenes is 1. The second kappa shape index (κ2) is 12.4. The predicted octanol–water partition coefficient (Wildman–Crippen LogP) is 9.88. The van der Waals surface area contributed by atoms with Gasteiger partial charge in [0, 0.05) is 16.0 Å². The lowest BCUT2D eigenvalue weighted by Gasteiger charge is -2.53. The van der Waals surface area contributed by atoms with E-state index in [-0.39, 0.29) is 16.6 Å². The van der Waals surface area contributed by atoms with E-state index in [1.54, 1.807) is 6.26 Å². The molecule has 1 aromatic carbocycles. The monoisotopic (exact) mass is 593 g/mol. The van der Waals surface area contributed by atoms with E-state index in [4.69, 9.17) is 22.4 Å². The van der Waals surface area contributed by atoms with E-state index in [9.17, 15) is 4.79 Å². The molecule has 2 saturated carbocycles. The van der Waals surface area contributed by atoms with Gasteiger partial charge in [0.1, 0.15) is 10.8 Å². The van der Waals surface area contributed by atoms with Crippen LogP contribution < -0.4 is 0 Å². The first kappa shape index (κ1) is 31.3. The molecule has 2 fully saturated rings. The molecular formula is C39H47NO2S. The van der Waals surface area contributed by atoms with E-state index in [0.29, 0.717) is 23.7 Å². The van der Waals surface area contributed by atoms with Crippen LogP contribution >= 0.6 is 10.5 Å². The predicted molar refractivity (Wildman–Crippen MR) is 184 cm³/mol. The zero-order valence-electron chi connectivity index (χ0n) is 26.8. The van der Waals surface area contributed by atoms with Gasteiger partial charge < -0.3 is 4.42 Å². The van der Waals surface area contributed by atoms with Gasteiger partial charge in [-0.1, -0.05) is 69.7 Å². The van der Waals surface area contributed by atoms with Gasteiger partial charge >= 0.3 is 0 Å². The van der Waals surface area contributed by atoms with Crippen molar-refractivity contribution in [2.75, 3.05) is 5.75 Å². The summed E-state index contributed by atoms with van der Waals surface area (Å²) in [7, 11) is -0.470. The summed E-state index contributed by atoms with van der Waals surface area (Å²) in [6.07, 6.45) is 19.6. The minimum atomic E-state index is -0.470. The first-order valence-corrected chi connectivity index (χ1v) is 17.1. The molecule has 3 aliphatic rings. The van der Waals surface area contributed by atoms with Crippen LogP contribution in [-0.2, 0) is 4.79 Å². The van der Waals surface area contributed by atoms with Gasteiger partial charge in [0.15, 0.2) is 5.78 Å². The number of allylic oxidation sites excluding steroid dienone is 4. The first-order valence-electron chi connectivity index (χ1n) is 15.8. The molecule has 1 aromatic heterocycles. The number of furan rings is 1. The van der Waals surface area contributed by atoms with Gasteiger partial charge in [-0.2, -0.15) is 0 Å². The van der Waals surface area contributed by atoms with Crippen LogP contribution in [0, 0.1) is 53.8 Å². The van der Waals surface area contributed by atoms with Gasteiger partial charge in [0.2, 0.25) is 0 Å². The fourth-order valence-electron chi connectivity index (χ4n) is 8.47. The molecule has 2 aromatic rings. The largest absolute Gasteiger partial charge is 0.464 e. The van der Waals surface area contributed by atoms with E-state index in [2.05, 4.69) is 59.6 Å². The average molecular weight is 594 g/mol. The quantitative estimate of drug-likeness (QED) is 0.0865. The first-order chi connectivity index (χ1) is 20.4. The third kappa shape index (κ3) is 6.25. The molecule has 0 aliphatic heterocycles. The maximum absolute atomic E-state index is 12.2. The summed E-state index contributed by atoms with van der Waals surface area (Å²) < 4.78 is 5.87. The van der Waals surface area contributed by atoms with Crippen LogP contribution in [0.4, 0.5) is 5.69 Å². The van der Waals surface area contributed by atoms with Crippen molar-refractivity contribution in [2.24, 2.45) is 39.5 Å². The van der Waals surface area contributed by atoms with Gasteiger partial charge in [-0.15, -0.1) is 16.9 Å². The van der Waals surface area contributed by atoms with Crippen LogP contribution in [0.2, 0.25) is 0 Å². The van der Waals surface area contributed by atoms with Gasteiger partial charge in [0.05, 0.1) is 12.0 Å². The number of aliphatic imine (C=N–C) groups is 1. The summed E-state index contributed by atoms with van der Waals surface area (Å²) in [5, 5.41) is 0.749. The van der Waals surface area contributed by atoms with Gasteiger partial charge in [0.25, 0.3) is 0 Å². The molecule has 5 unspecified atom stereocenters. The minimum Gasteiger partial charge on any atom is -0.464 e. The van der Waals surface area contributed by atoms with Crippen molar-refractivity contribution < 1.29 is 9.21 Å². The number of carbonyl (C=O) groups excluding carboxylic acids is 1. The Kier molecular flexibility index (Phi) is 9.05. The average Bonchev–Trinajstić information content (AvgIpc) is 3.50. The van der Waals surface area contributed by atoms with Crippen LogP contribution in [0.25, 0.3) is 0 Å². The lowest BCUT2D eigenvalue weighted by atomic mass is 9.52. The second-order valence-electron chi connectivity index (χ2n) is 13.9. The highest BCUT2D eigenvalue weighted by atomic mass is 32.2. The van der Waals surface area contributed by atoms with E-state index in [0.717, 1.165) is 58.4 Å². The summed E-state index contributed by atoms with van der Waals surface area (Å²) in [6, 6.07) is 12.1. The number of hydrogen-bond donors (Lipinski definition) is 0. The number of rotatable bonds is 5. The molecular weight excluding hydrogens is 547 g/mol. The summed E-state index contributed by atoms with van der Waals surface area (Å²) in [5.74, 6) is 6.79. The molecule has 3 aliphatic carbocycles. The lowest BCUT2D eigenvalue weighted by molar-refractivity contribution is -0.110. The molecule has 0 radical (unpaired) electrons. The Labute approximate surface area is 261 Å². The third-order valence-electron chi connectivity index (χ3n) is 10.6. The minimum absolute atomic E-state index is 0.00814. The number of ketones is 1. The molecule has 0 bridgehead atoms. The Morgan fingerprint density at radius 2 is 1.95 bits per heavy atom. The number of hydrogen-bond acceptors (Lipinski definition) is 3. The standard InChI is InChI=1S/C39H47NO2S/c1-9-36(40-34-14-11-10-13-26(34)2)43(29(5)35-15-12-22-42-35)25-28(4)37-27(3)23-30-16-17-31-24-32(41)18-21-39(31,8)33(30)19-20-38(37,6)7/h1,10-15,18,21-22,24,27,30,33,37H,4,16-17,19-20,23,25H2,2-3,5-8H3/t27-,30?,33?,37?,39?,43?/m1/s1. The Bertz CT molecular complexity index is 1560.